The molecule has 2 aromatic heterocycles. The van der Waals surface area contributed by atoms with Crippen LogP contribution < -0.4 is 11.2 Å². The summed E-state index contributed by atoms with van der Waals surface area (Å²) >= 11 is 0. The van der Waals surface area contributed by atoms with Gasteiger partial charge in [-0.3, -0.25) is 18.7 Å². The van der Waals surface area contributed by atoms with Gasteiger partial charge in [0.05, 0.1) is 12.9 Å². The number of aromatic nitrogens is 4. The van der Waals surface area contributed by atoms with Gasteiger partial charge in [0.2, 0.25) is 0 Å². The second-order valence-electron chi connectivity index (χ2n) is 7.14. The fourth-order valence-electron chi connectivity index (χ4n) is 3.39. The van der Waals surface area contributed by atoms with Crippen LogP contribution in [-0.2, 0) is 20.6 Å². The molecule has 4 aromatic rings. The molecule has 0 spiro atoms. The molecule has 0 aliphatic heterocycles. The Morgan fingerprint density at radius 3 is 2.10 bits per heavy atom. The standard InChI is InChI=1S/C22H20N4O3/c1-14-4-8-16(9-5-14)19(27)17-10-6-15(7-11-17)12-26-13-23-18-20(26)24(2)22(29)25(3)21(18)28/h4-11,13H,12H2,1-3H3. The molecule has 0 N–H and O–H groups in total. The van der Waals surface area contributed by atoms with Crippen molar-refractivity contribution in [3.63, 3.8) is 0 Å². The summed E-state index contributed by atoms with van der Waals surface area (Å²) in [6, 6.07) is 14.8. The Morgan fingerprint density at radius 2 is 1.48 bits per heavy atom. The molecule has 0 fully saturated rings. The second kappa shape index (κ2) is 7.01. The summed E-state index contributed by atoms with van der Waals surface area (Å²) in [6.45, 7) is 2.41. The van der Waals surface area contributed by atoms with Crippen LogP contribution in [0.2, 0.25) is 0 Å². The van der Waals surface area contributed by atoms with Gasteiger partial charge < -0.3 is 4.57 Å². The first-order valence-corrected chi connectivity index (χ1v) is 9.18. The van der Waals surface area contributed by atoms with Crippen LogP contribution in [0.1, 0.15) is 27.0 Å². The normalized spacial score (nSPS) is 11.1. The molecule has 0 radical (unpaired) electrons. The SMILES string of the molecule is Cc1ccc(C(=O)c2ccc(Cn3cnc4c(=O)n(C)c(=O)n(C)c43)cc2)cc1. The van der Waals surface area contributed by atoms with Crippen molar-refractivity contribution < 1.29 is 4.79 Å². The Labute approximate surface area is 166 Å². The van der Waals surface area contributed by atoms with E-state index in [-0.39, 0.29) is 11.3 Å². The van der Waals surface area contributed by atoms with E-state index in [1.807, 2.05) is 43.3 Å². The minimum Gasteiger partial charge on any atom is -0.312 e. The lowest BCUT2D eigenvalue weighted by Gasteiger charge is -2.09. The zero-order valence-corrected chi connectivity index (χ0v) is 16.4. The van der Waals surface area contributed by atoms with Gasteiger partial charge in [0, 0.05) is 25.2 Å². The van der Waals surface area contributed by atoms with Gasteiger partial charge in [-0.05, 0) is 12.5 Å². The minimum atomic E-state index is -0.416. The largest absolute Gasteiger partial charge is 0.332 e. The molecule has 146 valence electrons. The maximum Gasteiger partial charge on any atom is 0.332 e. The van der Waals surface area contributed by atoms with Crippen LogP contribution in [0.4, 0.5) is 0 Å². The molecule has 0 amide bonds. The first-order chi connectivity index (χ1) is 13.9. The summed E-state index contributed by atoms with van der Waals surface area (Å²) in [5.74, 6) is -0.0319. The predicted octanol–water partition coefficient (Wildman–Crippen LogP) is 2.02. The van der Waals surface area contributed by atoms with Gasteiger partial charge in [-0.2, -0.15) is 0 Å². The van der Waals surface area contributed by atoms with Crippen LogP contribution in [0.15, 0.2) is 64.4 Å². The molecule has 2 heterocycles. The van der Waals surface area contributed by atoms with E-state index in [1.165, 1.54) is 11.6 Å². The van der Waals surface area contributed by atoms with E-state index in [0.29, 0.717) is 23.3 Å². The number of aryl methyl sites for hydroxylation is 2. The van der Waals surface area contributed by atoms with E-state index in [2.05, 4.69) is 4.98 Å². The van der Waals surface area contributed by atoms with E-state index in [4.69, 9.17) is 0 Å². The number of carbonyl (C=O) groups is 1. The number of fused-ring (bicyclic) bond motifs is 1. The smallest absolute Gasteiger partial charge is 0.312 e. The molecule has 0 bridgehead atoms. The summed E-state index contributed by atoms with van der Waals surface area (Å²) in [5.41, 5.74) is 3.19. The number of hydrogen-bond acceptors (Lipinski definition) is 4. The lowest BCUT2D eigenvalue weighted by molar-refractivity contribution is 0.103. The van der Waals surface area contributed by atoms with E-state index >= 15 is 0 Å². The Kier molecular flexibility index (Phi) is 4.50. The number of benzene rings is 2. The number of rotatable bonds is 4. The summed E-state index contributed by atoms with van der Waals surface area (Å²) in [7, 11) is 3.05. The van der Waals surface area contributed by atoms with Crippen LogP contribution in [-0.4, -0.2) is 24.5 Å². The summed E-state index contributed by atoms with van der Waals surface area (Å²) in [6.07, 6.45) is 1.55. The zero-order chi connectivity index (χ0) is 20.7. The number of imidazole rings is 1. The van der Waals surface area contributed by atoms with E-state index in [1.54, 1.807) is 30.1 Å². The summed E-state index contributed by atoms with van der Waals surface area (Å²) < 4.78 is 4.22. The van der Waals surface area contributed by atoms with Gasteiger partial charge in [0.1, 0.15) is 5.65 Å². The predicted molar refractivity (Wildman–Crippen MR) is 110 cm³/mol. The monoisotopic (exact) mass is 388 g/mol. The maximum atomic E-state index is 12.6. The van der Waals surface area contributed by atoms with E-state index in [0.717, 1.165) is 15.7 Å². The molecule has 29 heavy (non-hydrogen) atoms. The zero-order valence-electron chi connectivity index (χ0n) is 16.4. The second-order valence-corrected chi connectivity index (χ2v) is 7.14. The Hall–Kier alpha value is -3.74. The Bertz CT molecular complexity index is 1340. The third-order valence-corrected chi connectivity index (χ3v) is 5.09. The number of hydrogen-bond donors (Lipinski definition) is 0. The van der Waals surface area contributed by atoms with Crippen molar-refractivity contribution >= 4 is 16.9 Å². The van der Waals surface area contributed by atoms with Crippen molar-refractivity contribution in [2.75, 3.05) is 0 Å². The van der Waals surface area contributed by atoms with Crippen molar-refractivity contribution in [3.05, 3.63) is 98.0 Å². The third kappa shape index (κ3) is 3.20. The van der Waals surface area contributed by atoms with Crippen molar-refractivity contribution in [3.8, 4) is 0 Å². The summed E-state index contributed by atoms with van der Waals surface area (Å²) in [5, 5.41) is 0. The number of ketones is 1. The van der Waals surface area contributed by atoms with E-state index in [9.17, 15) is 14.4 Å². The summed E-state index contributed by atoms with van der Waals surface area (Å²) in [4.78, 5) is 41.3. The average molecular weight is 388 g/mol. The molecular weight excluding hydrogens is 368 g/mol. The highest BCUT2D eigenvalue weighted by Crippen LogP contribution is 2.14. The lowest BCUT2D eigenvalue weighted by Crippen LogP contribution is -2.37. The van der Waals surface area contributed by atoms with Crippen LogP contribution in [0, 0.1) is 6.92 Å². The van der Waals surface area contributed by atoms with Crippen LogP contribution >= 0.6 is 0 Å². The molecule has 0 aliphatic carbocycles. The average Bonchev–Trinajstić information content (AvgIpc) is 3.15. The lowest BCUT2D eigenvalue weighted by atomic mass is 10.0. The number of carbonyl (C=O) groups excluding carboxylic acids is 1. The molecule has 0 aliphatic rings. The van der Waals surface area contributed by atoms with Gasteiger partial charge in [-0.15, -0.1) is 0 Å². The van der Waals surface area contributed by atoms with Gasteiger partial charge in [-0.1, -0.05) is 54.1 Å². The highest BCUT2D eigenvalue weighted by atomic mass is 16.2. The minimum absolute atomic E-state index is 0.0319. The van der Waals surface area contributed by atoms with E-state index < -0.39 is 11.2 Å². The van der Waals surface area contributed by atoms with Gasteiger partial charge in [0.25, 0.3) is 5.56 Å². The topological polar surface area (TPSA) is 78.9 Å². The Morgan fingerprint density at radius 1 is 0.897 bits per heavy atom. The Balaban J connectivity index is 1.65. The molecule has 0 unspecified atom stereocenters. The van der Waals surface area contributed by atoms with Crippen LogP contribution in [0.25, 0.3) is 11.2 Å². The molecule has 0 atom stereocenters. The fourth-order valence-corrected chi connectivity index (χ4v) is 3.39. The van der Waals surface area contributed by atoms with Crippen molar-refractivity contribution in [1.82, 2.24) is 18.7 Å². The van der Waals surface area contributed by atoms with Gasteiger partial charge in [0.15, 0.2) is 11.3 Å². The maximum absolute atomic E-state index is 12.6. The number of nitrogens with zero attached hydrogens (tertiary/aromatic N) is 4. The molecule has 0 saturated heterocycles. The highest BCUT2D eigenvalue weighted by Gasteiger charge is 2.14. The molecule has 4 rings (SSSR count). The van der Waals surface area contributed by atoms with Gasteiger partial charge in [-0.25, -0.2) is 9.78 Å². The van der Waals surface area contributed by atoms with Gasteiger partial charge >= 0.3 is 5.69 Å². The third-order valence-electron chi connectivity index (χ3n) is 5.09. The molecular formula is C22H20N4O3. The molecule has 0 saturated carbocycles. The highest BCUT2D eigenvalue weighted by molar-refractivity contribution is 6.09. The molecule has 7 heteroatoms. The quantitative estimate of drug-likeness (QED) is 0.501. The first kappa shape index (κ1) is 18.6. The van der Waals surface area contributed by atoms with Crippen molar-refractivity contribution in [1.29, 1.82) is 0 Å². The molecule has 2 aromatic carbocycles. The van der Waals surface area contributed by atoms with Crippen LogP contribution in [0.3, 0.4) is 0 Å². The van der Waals surface area contributed by atoms with Crippen molar-refractivity contribution in [2.45, 2.75) is 13.5 Å². The molecule has 7 nitrogen and oxygen atoms in total. The van der Waals surface area contributed by atoms with Crippen LogP contribution in [0.5, 0.6) is 0 Å². The fraction of sp³-hybridized carbons (Fsp3) is 0.182. The van der Waals surface area contributed by atoms with Crippen molar-refractivity contribution in [2.24, 2.45) is 14.1 Å². The first-order valence-electron chi connectivity index (χ1n) is 9.18.